The second kappa shape index (κ2) is 6.71. The Kier molecular flexibility index (Phi) is 5.22. The fourth-order valence-corrected chi connectivity index (χ4v) is 3.29. The minimum absolute atomic E-state index is 0.0989. The molecule has 0 spiro atoms. The molecule has 2 aromatic rings. The third-order valence-corrected chi connectivity index (χ3v) is 4.53. The van der Waals surface area contributed by atoms with Crippen LogP contribution in [0, 0.1) is 5.82 Å². The van der Waals surface area contributed by atoms with E-state index in [0.717, 1.165) is 21.3 Å². The Hall–Kier alpha value is -0.610. The number of likely N-dealkylation sites (N-methyl/N-ethyl adjacent to an activating group) is 1. The molecule has 2 rings (SSSR count). The summed E-state index contributed by atoms with van der Waals surface area (Å²) in [6.07, 6.45) is 0.640. The molecule has 0 fully saturated rings. The van der Waals surface area contributed by atoms with Gasteiger partial charge in [0.1, 0.15) is 5.82 Å². The monoisotopic (exact) mass is 317 g/mol. The van der Waals surface area contributed by atoms with Gasteiger partial charge >= 0.3 is 0 Å². The van der Waals surface area contributed by atoms with Crippen LogP contribution in [0.3, 0.4) is 0 Å². The van der Waals surface area contributed by atoms with E-state index in [0.29, 0.717) is 11.4 Å². The van der Waals surface area contributed by atoms with Crippen LogP contribution in [0.4, 0.5) is 4.39 Å². The number of benzene rings is 1. The molecule has 1 N–H and O–H groups in total. The van der Waals surface area contributed by atoms with Crippen LogP contribution in [0.1, 0.15) is 23.4 Å². The van der Waals surface area contributed by atoms with Crippen molar-refractivity contribution in [3.63, 3.8) is 0 Å². The Morgan fingerprint density at radius 2 is 2.05 bits per heavy atom. The summed E-state index contributed by atoms with van der Waals surface area (Å²) in [5, 5.41) is 3.97. The van der Waals surface area contributed by atoms with Crippen LogP contribution < -0.4 is 5.32 Å². The van der Waals surface area contributed by atoms with E-state index in [1.807, 2.05) is 19.1 Å². The van der Waals surface area contributed by atoms with Crippen LogP contribution >= 0.6 is 34.5 Å². The molecule has 0 bridgehead atoms. The lowest BCUT2D eigenvalue weighted by atomic mass is 10.0. The van der Waals surface area contributed by atoms with E-state index in [1.165, 1.54) is 23.5 Å². The van der Waals surface area contributed by atoms with E-state index in [-0.39, 0.29) is 11.9 Å². The largest absolute Gasteiger partial charge is 0.309 e. The fraction of sp³-hybridized carbons (Fsp3) is 0.286. The van der Waals surface area contributed by atoms with Crippen molar-refractivity contribution < 1.29 is 4.39 Å². The molecule has 5 heteroatoms. The summed E-state index contributed by atoms with van der Waals surface area (Å²) in [7, 11) is 0. The highest BCUT2D eigenvalue weighted by Crippen LogP contribution is 2.30. The standard InChI is InChI=1S/C14H14Cl2FNS/c1-2-18-12(13-5-6-14(16)19-13)8-9-7-10(17)3-4-11(9)15/h3-7,12,18H,2,8H2,1H3. The molecule has 0 aliphatic carbocycles. The van der Waals surface area contributed by atoms with Crippen LogP contribution in [-0.4, -0.2) is 6.54 Å². The molecular weight excluding hydrogens is 304 g/mol. The summed E-state index contributed by atoms with van der Waals surface area (Å²) in [5.74, 6) is -0.265. The van der Waals surface area contributed by atoms with E-state index in [4.69, 9.17) is 23.2 Å². The molecule has 0 saturated heterocycles. The van der Waals surface area contributed by atoms with Crippen molar-refractivity contribution in [3.8, 4) is 0 Å². The fourth-order valence-electron chi connectivity index (χ4n) is 1.95. The molecule has 1 atom stereocenters. The molecule has 19 heavy (non-hydrogen) atoms. The highest BCUT2D eigenvalue weighted by molar-refractivity contribution is 7.16. The number of rotatable bonds is 5. The Morgan fingerprint density at radius 1 is 1.26 bits per heavy atom. The van der Waals surface area contributed by atoms with Gasteiger partial charge in [0.2, 0.25) is 0 Å². The summed E-state index contributed by atoms with van der Waals surface area (Å²) < 4.78 is 14.0. The van der Waals surface area contributed by atoms with Gasteiger partial charge in [-0.05, 0) is 48.9 Å². The number of hydrogen-bond acceptors (Lipinski definition) is 2. The maximum Gasteiger partial charge on any atom is 0.123 e. The van der Waals surface area contributed by atoms with Gasteiger partial charge < -0.3 is 5.32 Å². The topological polar surface area (TPSA) is 12.0 Å². The molecule has 0 aliphatic rings. The number of nitrogens with one attached hydrogen (secondary N) is 1. The number of thiophene rings is 1. The summed E-state index contributed by atoms with van der Waals surface area (Å²) in [5.41, 5.74) is 0.803. The zero-order valence-electron chi connectivity index (χ0n) is 10.4. The van der Waals surface area contributed by atoms with E-state index in [2.05, 4.69) is 5.32 Å². The van der Waals surface area contributed by atoms with Gasteiger partial charge in [0.05, 0.1) is 4.34 Å². The Balaban J connectivity index is 2.23. The van der Waals surface area contributed by atoms with Crippen LogP contribution in [0.2, 0.25) is 9.36 Å². The van der Waals surface area contributed by atoms with E-state index < -0.39 is 0 Å². The van der Waals surface area contributed by atoms with Crippen molar-refractivity contribution in [2.45, 2.75) is 19.4 Å². The van der Waals surface area contributed by atoms with Gasteiger partial charge in [0.15, 0.2) is 0 Å². The smallest absolute Gasteiger partial charge is 0.123 e. The van der Waals surface area contributed by atoms with Crippen LogP contribution in [0.25, 0.3) is 0 Å². The second-order valence-electron chi connectivity index (χ2n) is 4.19. The van der Waals surface area contributed by atoms with Crippen LogP contribution in [0.5, 0.6) is 0 Å². The van der Waals surface area contributed by atoms with E-state index in [1.54, 1.807) is 6.07 Å². The van der Waals surface area contributed by atoms with Gasteiger partial charge in [-0.25, -0.2) is 4.39 Å². The summed E-state index contributed by atoms with van der Waals surface area (Å²) in [4.78, 5) is 1.13. The molecular formula is C14H14Cl2FNS. The van der Waals surface area contributed by atoms with Gasteiger partial charge in [0, 0.05) is 15.9 Å². The molecule has 1 aromatic carbocycles. The summed E-state index contributed by atoms with van der Waals surface area (Å²) >= 11 is 13.6. The average Bonchev–Trinajstić information content (AvgIpc) is 2.80. The van der Waals surface area contributed by atoms with E-state index in [9.17, 15) is 4.39 Å². The number of halogens is 3. The molecule has 0 amide bonds. The molecule has 1 nitrogen and oxygen atoms in total. The maximum absolute atomic E-state index is 13.3. The third-order valence-electron chi connectivity index (χ3n) is 2.82. The van der Waals surface area contributed by atoms with Crippen molar-refractivity contribution in [1.82, 2.24) is 5.32 Å². The van der Waals surface area contributed by atoms with Gasteiger partial charge in [0.25, 0.3) is 0 Å². The van der Waals surface area contributed by atoms with E-state index >= 15 is 0 Å². The lowest BCUT2D eigenvalue weighted by Crippen LogP contribution is -2.22. The van der Waals surface area contributed by atoms with Gasteiger partial charge in [-0.15, -0.1) is 11.3 Å². The zero-order chi connectivity index (χ0) is 13.8. The quantitative estimate of drug-likeness (QED) is 0.810. The molecule has 0 saturated carbocycles. The molecule has 0 radical (unpaired) electrons. The highest BCUT2D eigenvalue weighted by Gasteiger charge is 2.15. The van der Waals surface area contributed by atoms with Crippen molar-refractivity contribution in [2.75, 3.05) is 6.54 Å². The maximum atomic E-state index is 13.3. The van der Waals surface area contributed by atoms with Crippen molar-refractivity contribution in [1.29, 1.82) is 0 Å². The summed E-state index contributed by atoms with van der Waals surface area (Å²) in [6, 6.07) is 8.42. The Labute approximate surface area is 126 Å². The molecule has 0 aliphatic heterocycles. The first kappa shape index (κ1) is 14.8. The molecule has 102 valence electrons. The molecule has 1 heterocycles. The van der Waals surface area contributed by atoms with Crippen LogP contribution in [-0.2, 0) is 6.42 Å². The predicted molar refractivity (Wildman–Crippen MR) is 80.9 cm³/mol. The third kappa shape index (κ3) is 3.93. The first-order valence-electron chi connectivity index (χ1n) is 6.02. The SMILES string of the molecule is CCNC(Cc1cc(F)ccc1Cl)c1ccc(Cl)s1. The zero-order valence-corrected chi connectivity index (χ0v) is 12.7. The predicted octanol–water partition coefficient (Wildman–Crippen LogP) is 5.09. The Morgan fingerprint density at radius 3 is 2.68 bits per heavy atom. The van der Waals surface area contributed by atoms with Crippen LogP contribution in [0.15, 0.2) is 30.3 Å². The molecule has 1 unspecified atom stereocenters. The summed E-state index contributed by atoms with van der Waals surface area (Å²) in [6.45, 7) is 2.86. The van der Waals surface area contributed by atoms with Gasteiger partial charge in [-0.1, -0.05) is 30.1 Å². The lowest BCUT2D eigenvalue weighted by Gasteiger charge is -2.17. The van der Waals surface area contributed by atoms with Crippen molar-refractivity contribution in [3.05, 3.63) is 55.9 Å². The number of hydrogen-bond donors (Lipinski definition) is 1. The highest BCUT2D eigenvalue weighted by atomic mass is 35.5. The normalized spacial score (nSPS) is 12.6. The molecule has 1 aromatic heterocycles. The van der Waals surface area contributed by atoms with Crippen molar-refractivity contribution >= 4 is 34.5 Å². The minimum Gasteiger partial charge on any atom is -0.309 e. The first-order chi connectivity index (χ1) is 9.10. The Bertz CT molecular complexity index is 556. The lowest BCUT2D eigenvalue weighted by molar-refractivity contribution is 0.554. The van der Waals surface area contributed by atoms with Crippen molar-refractivity contribution in [2.24, 2.45) is 0 Å². The van der Waals surface area contributed by atoms with Gasteiger partial charge in [-0.2, -0.15) is 0 Å². The average molecular weight is 318 g/mol. The van der Waals surface area contributed by atoms with Gasteiger partial charge in [-0.3, -0.25) is 0 Å². The second-order valence-corrected chi connectivity index (χ2v) is 6.35. The first-order valence-corrected chi connectivity index (χ1v) is 7.60. The minimum atomic E-state index is -0.265.